The van der Waals surface area contributed by atoms with Crippen molar-refractivity contribution in [3.05, 3.63) is 108 Å². The highest BCUT2D eigenvalue weighted by atomic mass is 16.7. The van der Waals surface area contributed by atoms with E-state index in [9.17, 15) is 0 Å². The van der Waals surface area contributed by atoms with Crippen molar-refractivity contribution < 1.29 is 4.84 Å². The first kappa shape index (κ1) is 15.7. The summed E-state index contributed by atoms with van der Waals surface area (Å²) in [5.41, 5.74) is 3.56. The molecule has 2 atom stereocenters. The zero-order valence-electron chi connectivity index (χ0n) is 14.0. The van der Waals surface area contributed by atoms with Gasteiger partial charge in [0.1, 0.15) is 6.10 Å². The number of nitrogens with zero attached hydrogens (tertiary/aromatic N) is 1. The Morgan fingerprint density at radius 3 is 2.04 bits per heavy atom. The molecule has 1 aliphatic heterocycles. The van der Waals surface area contributed by atoms with E-state index in [-0.39, 0.29) is 12.1 Å². The van der Waals surface area contributed by atoms with Crippen LogP contribution in [0.5, 0.6) is 0 Å². The van der Waals surface area contributed by atoms with Crippen LogP contribution in [0.2, 0.25) is 0 Å². The van der Waals surface area contributed by atoms with E-state index in [0.29, 0.717) is 0 Å². The van der Waals surface area contributed by atoms with Crippen LogP contribution in [0.15, 0.2) is 97.1 Å². The minimum atomic E-state index is 0.0608. The minimum absolute atomic E-state index is 0.0608. The maximum absolute atomic E-state index is 6.28. The van der Waals surface area contributed by atoms with Gasteiger partial charge in [-0.3, -0.25) is 4.84 Å². The second-order valence-corrected chi connectivity index (χ2v) is 6.24. The quantitative estimate of drug-likeness (QED) is 0.614. The Morgan fingerprint density at radius 1 is 0.760 bits per heavy atom. The molecular weight excluding hydrogens is 306 g/mol. The van der Waals surface area contributed by atoms with E-state index in [1.165, 1.54) is 11.1 Å². The smallest absolute Gasteiger partial charge is 0.106 e. The van der Waals surface area contributed by atoms with Crippen molar-refractivity contribution in [2.45, 2.75) is 18.6 Å². The molecule has 1 aliphatic rings. The fraction of sp³-hybridized carbons (Fsp3) is 0.130. The lowest BCUT2D eigenvalue weighted by Crippen LogP contribution is -2.21. The largest absolute Gasteiger partial charge is 0.265 e. The summed E-state index contributed by atoms with van der Waals surface area (Å²) in [5.74, 6) is 0. The van der Waals surface area contributed by atoms with Crippen molar-refractivity contribution in [2.75, 3.05) is 5.06 Å². The van der Waals surface area contributed by atoms with Gasteiger partial charge in [0.05, 0.1) is 11.7 Å². The zero-order chi connectivity index (χ0) is 16.9. The highest BCUT2D eigenvalue weighted by Gasteiger charge is 2.33. The fourth-order valence-corrected chi connectivity index (χ4v) is 3.24. The first-order chi connectivity index (χ1) is 12.4. The Labute approximate surface area is 149 Å². The highest BCUT2D eigenvalue weighted by Crippen LogP contribution is 2.38. The number of benzene rings is 3. The maximum atomic E-state index is 6.28. The molecular formula is C23H21NO. The lowest BCUT2D eigenvalue weighted by Gasteiger charge is -2.24. The third-order valence-electron chi connectivity index (χ3n) is 4.49. The molecule has 1 heterocycles. The molecule has 25 heavy (non-hydrogen) atoms. The van der Waals surface area contributed by atoms with Crippen LogP contribution in [-0.2, 0) is 4.84 Å². The van der Waals surface area contributed by atoms with Gasteiger partial charge in [0.25, 0.3) is 0 Å². The molecule has 3 aromatic rings. The van der Waals surface area contributed by atoms with Crippen LogP contribution in [0, 0.1) is 0 Å². The summed E-state index contributed by atoms with van der Waals surface area (Å²) in [6.07, 6.45) is 5.29. The Hall–Kier alpha value is -2.84. The molecule has 3 aromatic carbocycles. The molecule has 2 heteroatoms. The van der Waals surface area contributed by atoms with Gasteiger partial charge in [0.2, 0.25) is 0 Å². The molecule has 0 saturated carbocycles. The van der Waals surface area contributed by atoms with Gasteiger partial charge in [0, 0.05) is 6.42 Å². The van der Waals surface area contributed by atoms with Crippen LogP contribution in [0.3, 0.4) is 0 Å². The molecule has 0 aliphatic carbocycles. The molecule has 0 bridgehead atoms. The third kappa shape index (κ3) is 3.65. The average molecular weight is 327 g/mol. The van der Waals surface area contributed by atoms with Crippen molar-refractivity contribution in [1.29, 1.82) is 0 Å². The Bertz CT molecular complexity index is 767. The highest BCUT2D eigenvalue weighted by molar-refractivity contribution is 5.51. The van der Waals surface area contributed by atoms with Crippen LogP contribution in [0.25, 0.3) is 6.08 Å². The molecule has 0 amide bonds. The van der Waals surface area contributed by atoms with E-state index in [1.54, 1.807) is 0 Å². The number of rotatable bonds is 4. The molecule has 1 saturated heterocycles. The van der Waals surface area contributed by atoms with Crippen LogP contribution in [0.4, 0.5) is 5.69 Å². The first-order valence-corrected chi connectivity index (χ1v) is 8.69. The first-order valence-electron chi connectivity index (χ1n) is 8.69. The Morgan fingerprint density at radius 2 is 1.36 bits per heavy atom. The van der Waals surface area contributed by atoms with Crippen molar-refractivity contribution >= 4 is 11.8 Å². The molecule has 0 radical (unpaired) electrons. The zero-order valence-corrected chi connectivity index (χ0v) is 14.0. The summed E-state index contributed by atoms with van der Waals surface area (Å²) in [5, 5.41) is 2.05. The summed E-state index contributed by atoms with van der Waals surface area (Å²) in [7, 11) is 0. The molecule has 0 aromatic heterocycles. The van der Waals surface area contributed by atoms with Crippen molar-refractivity contribution in [1.82, 2.24) is 0 Å². The van der Waals surface area contributed by atoms with E-state index >= 15 is 0 Å². The predicted octanol–water partition coefficient (Wildman–Crippen LogP) is 5.65. The van der Waals surface area contributed by atoms with Crippen LogP contribution in [0.1, 0.15) is 23.6 Å². The monoisotopic (exact) mass is 327 g/mol. The van der Waals surface area contributed by atoms with Gasteiger partial charge in [-0.05, 0) is 23.3 Å². The SMILES string of the molecule is C(=C\[C@@H]1C[C@H](c2ccccc2)N(c2ccccc2)O1)/c1ccccc1. The van der Waals surface area contributed by atoms with Crippen LogP contribution < -0.4 is 5.06 Å². The Balaban J connectivity index is 1.59. The molecule has 0 unspecified atom stereocenters. The van der Waals surface area contributed by atoms with E-state index in [2.05, 4.69) is 83.9 Å². The van der Waals surface area contributed by atoms with E-state index in [4.69, 9.17) is 4.84 Å². The van der Waals surface area contributed by atoms with Gasteiger partial charge in [-0.2, -0.15) is 0 Å². The molecule has 2 nitrogen and oxygen atoms in total. The number of para-hydroxylation sites is 1. The molecule has 124 valence electrons. The van der Waals surface area contributed by atoms with Gasteiger partial charge in [-0.1, -0.05) is 91.0 Å². The normalized spacial score (nSPS) is 20.2. The van der Waals surface area contributed by atoms with Gasteiger partial charge >= 0.3 is 0 Å². The van der Waals surface area contributed by atoms with Crippen molar-refractivity contribution in [2.24, 2.45) is 0 Å². The third-order valence-corrected chi connectivity index (χ3v) is 4.49. The lowest BCUT2D eigenvalue weighted by molar-refractivity contribution is 0.114. The fourth-order valence-electron chi connectivity index (χ4n) is 3.24. The average Bonchev–Trinajstić information content (AvgIpc) is 3.13. The lowest BCUT2D eigenvalue weighted by atomic mass is 10.0. The summed E-state index contributed by atoms with van der Waals surface area (Å²) in [6, 6.07) is 31.5. The number of hydroxylamine groups is 1. The summed E-state index contributed by atoms with van der Waals surface area (Å²) >= 11 is 0. The second kappa shape index (κ2) is 7.37. The topological polar surface area (TPSA) is 12.5 Å². The van der Waals surface area contributed by atoms with E-state index in [0.717, 1.165) is 12.1 Å². The van der Waals surface area contributed by atoms with Crippen molar-refractivity contribution in [3.63, 3.8) is 0 Å². The summed E-state index contributed by atoms with van der Waals surface area (Å²) < 4.78 is 0. The predicted molar refractivity (Wildman–Crippen MR) is 103 cm³/mol. The van der Waals surface area contributed by atoms with Gasteiger partial charge in [0.15, 0.2) is 0 Å². The van der Waals surface area contributed by atoms with E-state index < -0.39 is 0 Å². The Kier molecular flexibility index (Phi) is 4.62. The second-order valence-electron chi connectivity index (χ2n) is 6.24. The maximum Gasteiger partial charge on any atom is 0.106 e. The molecule has 0 spiro atoms. The number of hydrogen-bond donors (Lipinski definition) is 0. The standard InChI is InChI=1S/C23H21NO/c1-4-10-19(11-5-1)16-17-22-18-23(20-12-6-2-7-13-20)24(25-22)21-14-8-3-9-15-21/h1-17,22-23H,18H2/b17-16+/t22-,23-/m1/s1. The van der Waals surface area contributed by atoms with Gasteiger partial charge < -0.3 is 0 Å². The van der Waals surface area contributed by atoms with Crippen LogP contribution in [-0.4, -0.2) is 6.10 Å². The van der Waals surface area contributed by atoms with Crippen molar-refractivity contribution in [3.8, 4) is 0 Å². The number of hydrogen-bond acceptors (Lipinski definition) is 2. The molecule has 0 N–H and O–H groups in total. The minimum Gasteiger partial charge on any atom is -0.265 e. The molecule has 4 rings (SSSR count). The summed E-state index contributed by atoms with van der Waals surface area (Å²) in [4.78, 5) is 6.28. The number of anilines is 1. The summed E-state index contributed by atoms with van der Waals surface area (Å²) in [6.45, 7) is 0. The van der Waals surface area contributed by atoms with E-state index in [1.807, 2.05) is 24.3 Å². The van der Waals surface area contributed by atoms with Gasteiger partial charge in [-0.15, -0.1) is 0 Å². The van der Waals surface area contributed by atoms with Gasteiger partial charge in [-0.25, -0.2) is 5.06 Å². The molecule has 1 fully saturated rings. The van der Waals surface area contributed by atoms with Crippen LogP contribution >= 0.6 is 0 Å².